The van der Waals surface area contributed by atoms with Crippen molar-refractivity contribution in [3.8, 4) is 0 Å². The van der Waals surface area contributed by atoms with Crippen molar-refractivity contribution >= 4 is 21.7 Å². The van der Waals surface area contributed by atoms with E-state index in [1.54, 1.807) is 4.90 Å². The monoisotopic (exact) mass is 293 g/mol. The number of likely N-dealkylation sites (tertiary alicyclic amines) is 1. The van der Waals surface area contributed by atoms with Crippen molar-refractivity contribution in [2.75, 3.05) is 31.1 Å². The molecule has 1 fully saturated rings. The van der Waals surface area contributed by atoms with Gasteiger partial charge >= 0.3 is 5.97 Å². The van der Waals surface area contributed by atoms with Crippen LogP contribution in [0.25, 0.3) is 0 Å². The topological polar surface area (TPSA) is 144 Å². The van der Waals surface area contributed by atoms with E-state index >= 15 is 0 Å². The Kier molecular flexibility index (Phi) is 4.88. The molecule has 1 aliphatic rings. The summed E-state index contributed by atoms with van der Waals surface area (Å²) in [4.78, 5) is 23.2. The lowest BCUT2D eigenvalue weighted by Gasteiger charge is -2.19. The first kappa shape index (κ1) is 15.9. The van der Waals surface area contributed by atoms with Gasteiger partial charge in [-0.05, 0) is 6.42 Å². The predicted molar refractivity (Wildman–Crippen MR) is 68.1 cm³/mol. The number of amides is 1. The highest BCUT2D eigenvalue weighted by atomic mass is 32.2. The lowest BCUT2D eigenvalue weighted by atomic mass is 10.0. The van der Waals surface area contributed by atoms with Gasteiger partial charge in [0.05, 0.1) is 11.5 Å². The van der Waals surface area contributed by atoms with Crippen LogP contribution in [0.4, 0.5) is 0 Å². The Morgan fingerprint density at radius 3 is 2.42 bits per heavy atom. The molecule has 110 valence electrons. The average molecular weight is 293 g/mol. The zero-order valence-corrected chi connectivity index (χ0v) is 11.4. The van der Waals surface area contributed by atoms with E-state index in [0.717, 1.165) is 0 Å². The van der Waals surface area contributed by atoms with Crippen LogP contribution < -0.4 is 11.5 Å². The van der Waals surface area contributed by atoms with Crippen LogP contribution in [0.3, 0.4) is 0 Å². The maximum Gasteiger partial charge on any atom is 0.325 e. The molecule has 0 bridgehead atoms. The van der Waals surface area contributed by atoms with Crippen molar-refractivity contribution in [2.45, 2.75) is 18.4 Å². The quantitative estimate of drug-likeness (QED) is 0.481. The maximum absolute atomic E-state index is 11.6. The first-order valence-corrected chi connectivity index (χ1v) is 7.70. The highest BCUT2D eigenvalue weighted by Crippen LogP contribution is 2.18. The molecule has 1 saturated heterocycles. The molecule has 1 amide bonds. The maximum atomic E-state index is 11.6. The number of nitrogens with two attached hydrogens (primary N) is 2. The predicted octanol–water partition coefficient (Wildman–Crippen LogP) is -2.24. The van der Waals surface area contributed by atoms with Crippen LogP contribution >= 0.6 is 0 Å². The Labute approximate surface area is 111 Å². The molecule has 0 spiro atoms. The third-order valence-corrected chi connectivity index (χ3v) is 4.81. The molecule has 0 saturated carbocycles. The van der Waals surface area contributed by atoms with Crippen LogP contribution in [0.15, 0.2) is 0 Å². The molecule has 0 aliphatic carbocycles. The summed E-state index contributed by atoms with van der Waals surface area (Å²) < 4.78 is 23.2. The van der Waals surface area contributed by atoms with Gasteiger partial charge in [-0.15, -0.1) is 0 Å². The summed E-state index contributed by atoms with van der Waals surface area (Å²) in [6.07, 6.45) is 0.0992. The minimum atomic E-state index is -3.35. The Bertz CT molecular complexity index is 464. The van der Waals surface area contributed by atoms with E-state index < -0.39 is 27.3 Å². The van der Waals surface area contributed by atoms with Crippen molar-refractivity contribution in [2.24, 2.45) is 11.5 Å². The minimum Gasteiger partial charge on any atom is -0.480 e. The number of carbonyl (C=O) groups is 2. The fraction of sp³-hybridized carbons (Fsp3) is 0.800. The van der Waals surface area contributed by atoms with Gasteiger partial charge in [0.1, 0.15) is 5.54 Å². The third kappa shape index (κ3) is 4.77. The van der Waals surface area contributed by atoms with Crippen LogP contribution in [0, 0.1) is 0 Å². The molecular weight excluding hydrogens is 274 g/mol. The summed E-state index contributed by atoms with van der Waals surface area (Å²) in [5, 5.41) is 8.94. The van der Waals surface area contributed by atoms with E-state index in [1.807, 2.05) is 0 Å². The SMILES string of the molecule is NC(=O)CCS(=O)(=O)CCN1CCC(N)(C(=O)O)C1. The molecule has 0 aromatic rings. The molecule has 1 unspecified atom stereocenters. The Morgan fingerprint density at radius 1 is 1.32 bits per heavy atom. The van der Waals surface area contributed by atoms with Crippen molar-refractivity contribution in [1.82, 2.24) is 4.90 Å². The Balaban J connectivity index is 2.42. The van der Waals surface area contributed by atoms with Crippen LogP contribution in [0.2, 0.25) is 0 Å². The number of carboxylic acid groups (broad SMARTS) is 1. The number of primary amides is 1. The number of carbonyl (C=O) groups excluding carboxylic acids is 1. The van der Waals surface area contributed by atoms with Gasteiger partial charge in [0, 0.05) is 26.1 Å². The van der Waals surface area contributed by atoms with E-state index in [2.05, 4.69) is 0 Å². The van der Waals surface area contributed by atoms with Gasteiger partial charge in [-0.2, -0.15) is 0 Å². The standard InChI is InChI=1S/C10H19N3O5S/c11-8(14)1-5-19(17,18)6-4-13-3-2-10(12,7-13)9(15)16/h1-7,12H2,(H2,11,14)(H,15,16). The molecule has 0 aromatic heterocycles. The van der Waals surface area contributed by atoms with E-state index in [1.165, 1.54) is 0 Å². The van der Waals surface area contributed by atoms with Crippen molar-refractivity contribution < 1.29 is 23.1 Å². The summed E-state index contributed by atoms with van der Waals surface area (Å²) in [5.74, 6) is -2.14. The molecule has 1 atom stereocenters. The molecule has 0 radical (unpaired) electrons. The lowest BCUT2D eigenvalue weighted by molar-refractivity contribution is -0.142. The Morgan fingerprint density at radius 2 is 1.95 bits per heavy atom. The van der Waals surface area contributed by atoms with Gasteiger partial charge in [-0.25, -0.2) is 8.42 Å². The second-order valence-electron chi connectivity index (χ2n) is 4.86. The van der Waals surface area contributed by atoms with Gasteiger partial charge in [-0.1, -0.05) is 0 Å². The summed E-state index contributed by atoms with van der Waals surface area (Å²) >= 11 is 0. The summed E-state index contributed by atoms with van der Waals surface area (Å²) in [5.41, 5.74) is 9.27. The molecule has 0 aromatic carbocycles. The number of nitrogens with zero attached hydrogens (tertiary/aromatic N) is 1. The van der Waals surface area contributed by atoms with Gasteiger partial charge < -0.3 is 16.6 Å². The van der Waals surface area contributed by atoms with Crippen LogP contribution in [-0.4, -0.2) is 67.0 Å². The molecule has 1 heterocycles. The third-order valence-electron chi connectivity index (χ3n) is 3.18. The molecule has 1 rings (SSSR count). The molecule has 9 heteroatoms. The summed E-state index contributed by atoms with van der Waals surface area (Å²) in [7, 11) is -3.35. The van der Waals surface area contributed by atoms with E-state index in [0.29, 0.717) is 13.0 Å². The second kappa shape index (κ2) is 5.85. The highest BCUT2D eigenvalue weighted by Gasteiger charge is 2.41. The fourth-order valence-corrected chi connectivity index (χ4v) is 3.16. The number of rotatable bonds is 7. The molecular formula is C10H19N3O5S. The number of sulfone groups is 1. The first-order valence-electron chi connectivity index (χ1n) is 5.88. The van der Waals surface area contributed by atoms with Gasteiger partial charge in [0.2, 0.25) is 5.91 Å². The number of carboxylic acids is 1. The minimum absolute atomic E-state index is 0.129. The van der Waals surface area contributed by atoms with Gasteiger partial charge in [0.15, 0.2) is 9.84 Å². The van der Waals surface area contributed by atoms with Gasteiger partial charge in [0.25, 0.3) is 0 Å². The number of hydrogen-bond donors (Lipinski definition) is 3. The number of hydrogen-bond acceptors (Lipinski definition) is 6. The molecule has 8 nitrogen and oxygen atoms in total. The number of aliphatic carboxylic acids is 1. The van der Waals surface area contributed by atoms with Crippen molar-refractivity contribution in [3.63, 3.8) is 0 Å². The zero-order chi connectivity index (χ0) is 14.7. The van der Waals surface area contributed by atoms with Crippen LogP contribution in [-0.2, 0) is 19.4 Å². The average Bonchev–Trinajstić information content (AvgIpc) is 2.68. The lowest BCUT2D eigenvalue weighted by Crippen LogP contribution is -2.50. The highest BCUT2D eigenvalue weighted by molar-refractivity contribution is 7.91. The molecule has 19 heavy (non-hydrogen) atoms. The Hall–Kier alpha value is -1.19. The fourth-order valence-electron chi connectivity index (χ4n) is 1.91. The van der Waals surface area contributed by atoms with E-state index in [4.69, 9.17) is 16.6 Å². The van der Waals surface area contributed by atoms with Crippen LogP contribution in [0.1, 0.15) is 12.8 Å². The zero-order valence-electron chi connectivity index (χ0n) is 10.5. The normalized spacial score (nSPS) is 24.5. The van der Waals surface area contributed by atoms with Crippen molar-refractivity contribution in [3.05, 3.63) is 0 Å². The summed E-state index contributed by atoms with van der Waals surface area (Å²) in [6.45, 7) is 0.801. The van der Waals surface area contributed by atoms with Crippen LogP contribution in [0.5, 0.6) is 0 Å². The smallest absolute Gasteiger partial charge is 0.325 e. The van der Waals surface area contributed by atoms with E-state index in [9.17, 15) is 18.0 Å². The van der Waals surface area contributed by atoms with E-state index in [-0.39, 0.29) is 31.0 Å². The molecule has 5 N–H and O–H groups in total. The first-order chi connectivity index (χ1) is 8.65. The second-order valence-corrected chi connectivity index (χ2v) is 7.16. The largest absolute Gasteiger partial charge is 0.480 e. The van der Waals surface area contributed by atoms with Gasteiger partial charge in [-0.3, -0.25) is 14.5 Å². The van der Waals surface area contributed by atoms with Crippen molar-refractivity contribution in [1.29, 1.82) is 0 Å². The summed E-state index contributed by atoms with van der Waals surface area (Å²) in [6, 6.07) is 0. The molecule has 1 aliphatic heterocycles.